The first kappa shape index (κ1) is 21.1. The second-order valence-electron chi connectivity index (χ2n) is 6.58. The predicted molar refractivity (Wildman–Crippen MR) is 114 cm³/mol. The minimum absolute atomic E-state index is 0.277. The van der Waals surface area contributed by atoms with E-state index in [-0.39, 0.29) is 17.8 Å². The van der Waals surface area contributed by atoms with Crippen molar-refractivity contribution in [2.75, 3.05) is 7.11 Å². The van der Waals surface area contributed by atoms with E-state index in [0.29, 0.717) is 40.6 Å². The Morgan fingerprint density at radius 1 is 1.13 bits per heavy atom. The van der Waals surface area contributed by atoms with Crippen molar-refractivity contribution in [2.24, 2.45) is 7.05 Å². The van der Waals surface area contributed by atoms with Crippen LogP contribution in [0.5, 0.6) is 11.5 Å². The van der Waals surface area contributed by atoms with Gasteiger partial charge in [0.25, 0.3) is 5.56 Å². The van der Waals surface area contributed by atoms with E-state index in [1.165, 1.54) is 23.2 Å². The zero-order valence-corrected chi connectivity index (χ0v) is 17.6. The Hall–Kier alpha value is -3.62. The molecule has 3 aromatic rings. The van der Waals surface area contributed by atoms with E-state index in [4.69, 9.17) is 9.47 Å². The summed E-state index contributed by atoms with van der Waals surface area (Å²) in [6, 6.07) is 5.24. The number of fused-ring (bicyclic) bond motifs is 1. The number of ether oxygens (including phenoxy) is 2. The van der Waals surface area contributed by atoms with Crippen LogP contribution in [0, 0.1) is 0 Å². The Labute approximate surface area is 172 Å². The Balaban J connectivity index is 2.19. The lowest BCUT2D eigenvalue weighted by Crippen LogP contribution is -2.39. The minimum atomic E-state index is -0.469. The summed E-state index contributed by atoms with van der Waals surface area (Å²) in [7, 11) is 3.21. The molecule has 2 aromatic heterocycles. The molecule has 9 nitrogen and oxygen atoms in total. The second kappa shape index (κ2) is 8.40. The van der Waals surface area contributed by atoms with Crippen LogP contribution >= 0.6 is 0 Å². The Kier molecular flexibility index (Phi) is 5.91. The molecule has 0 bridgehead atoms. The monoisotopic (exact) mass is 412 g/mol. The van der Waals surface area contributed by atoms with Crippen molar-refractivity contribution in [1.29, 1.82) is 0 Å². The zero-order valence-electron chi connectivity index (χ0n) is 17.6. The summed E-state index contributed by atoms with van der Waals surface area (Å²) < 4.78 is 14.9. The molecule has 0 spiro atoms. The quantitative estimate of drug-likeness (QED) is 0.454. The molecule has 0 aliphatic rings. The number of nitrogens with zero attached hydrogens (tertiary/aromatic N) is 4. The maximum Gasteiger partial charge on any atom is 0.332 e. The van der Waals surface area contributed by atoms with Crippen LogP contribution in [0.3, 0.4) is 0 Å². The zero-order chi connectivity index (χ0) is 22.0. The molecule has 0 N–H and O–H groups in total. The standard InChI is InChI=1S/C21H24N4O5/c1-6-24-19-17(20(27)25(7-2)21(24)28)23(4)16(22-19)12-11-14-9-8-10-15(29-5)18(14)30-13(3)26/h8-12H,6-7H2,1-5H3. The number of imidazole rings is 1. The van der Waals surface area contributed by atoms with Crippen molar-refractivity contribution in [3.05, 3.63) is 50.4 Å². The number of rotatable bonds is 6. The summed E-state index contributed by atoms with van der Waals surface area (Å²) in [5.41, 5.74) is 0.541. The van der Waals surface area contributed by atoms with Gasteiger partial charge < -0.3 is 14.0 Å². The fourth-order valence-electron chi connectivity index (χ4n) is 3.33. The molecule has 0 radical (unpaired) electrons. The van der Waals surface area contributed by atoms with Gasteiger partial charge >= 0.3 is 11.7 Å². The second-order valence-corrected chi connectivity index (χ2v) is 6.58. The maximum absolute atomic E-state index is 12.8. The molecule has 0 atom stereocenters. The van der Waals surface area contributed by atoms with Gasteiger partial charge in [0.1, 0.15) is 5.82 Å². The lowest BCUT2D eigenvalue weighted by atomic mass is 10.1. The predicted octanol–water partition coefficient (Wildman–Crippen LogP) is 2.04. The van der Waals surface area contributed by atoms with E-state index in [1.54, 1.807) is 48.9 Å². The van der Waals surface area contributed by atoms with Crippen LogP contribution in [0.25, 0.3) is 23.3 Å². The van der Waals surface area contributed by atoms with Crippen LogP contribution in [0.2, 0.25) is 0 Å². The molecule has 0 aliphatic heterocycles. The highest BCUT2D eigenvalue weighted by molar-refractivity contribution is 5.80. The molecule has 158 valence electrons. The Morgan fingerprint density at radius 2 is 1.83 bits per heavy atom. The van der Waals surface area contributed by atoms with Crippen molar-refractivity contribution in [3.8, 4) is 11.5 Å². The topological polar surface area (TPSA) is 97.4 Å². The summed E-state index contributed by atoms with van der Waals surface area (Å²) >= 11 is 0. The molecule has 1 aromatic carbocycles. The molecule has 30 heavy (non-hydrogen) atoms. The molecule has 9 heteroatoms. The number of hydrogen-bond donors (Lipinski definition) is 0. The minimum Gasteiger partial charge on any atom is -0.493 e. The van der Waals surface area contributed by atoms with E-state index in [9.17, 15) is 14.4 Å². The molecule has 2 heterocycles. The fourth-order valence-corrected chi connectivity index (χ4v) is 3.33. The lowest BCUT2D eigenvalue weighted by Gasteiger charge is -2.10. The van der Waals surface area contributed by atoms with Crippen molar-refractivity contribution < 1.29 is 14.3 Å². The highest BCUT2D eigenvalue weighted by Gasteiger charge is 2.18. The van der Waals surface area contributed by atoms with E-state index in [2.05, 4.69) is 4.98 Å². The summed E-state index contributed by atoms with van der Waals surface area (Å²) in [6.07, 6.45) is 3.41. The van der Waals surface area contributed by atoms with Gasteiger partial charge in [-0.15, -0.1) is 0 Å². The van der Waals surface area contributed by atoms with Gasteiger partial charge in [-0.25, -0.2) is 9.78 Å². The third-order valence-electron chi connectivity index (χ3n) is 4.80. The normalized spacial score (nSPS) is 11.4. The summed E-state index contributed by atoms with van der Waals surface area (Å²) in [4.78, 5) is 41.4. The van der Waals surface area contributed by atoms with E-state index in [1.807, 2.05) is 6.92 Å². The third-order valence-corrected chi connectivity index (χ3v) is 4.80. The number of aromatic nitrogens is 4. The van der Waals surface area contributed by atoms with Crippen LogP contribution in [0.15, 0.2) is 27.8 Å². The first-order valence-corrected chi connectivity index (χ1v) is 9.57. The van der Waals surface area contributed by atoms with Gasteiger partial charge in [-0.2, -0.15) is 0 Å². The van der Waals surface area contributed by atoms with Gasteiger partial charge in [-0.3, -0.25) is 18.7 Å². The van der Waals surface area contributed by atoms with Gasteiger partial charge in [-0.1, -0.05) is 12.1 Å². The van der Waals surface area contributed by atoms with Crippen LogP contribution in [-0.2, 0) is 24.9 Å². The molecular formula is C21H24N4O5. The molecule has 0 aliphatic carbocycles. The first-order chi connectivity index (χ1) is 14.3. The van der Waals surface area contributed by atoms with Gasteiger partial charge in [0.05, 0.1) is 7.11 Å². The fraction of sp³-hybridized carbons (Fsp3) is 0.333. The Morgan fingerprint density at radius 3 is 2.43 bits per heavy atom. The van der Waals surface area contributed by atoms with Gasteiger partial charge in [0.2, 0.25) is 0 Å². The number of carbonyl (C=O) groups is 1. The number of esters is 1. The lowest BCUT2D eigenvalue weighted by molar-refractivity contribution is -0.132. The van der Waals surface area contributed by atoms with E-state index < -0.39 is 5.97 Å². The first-order valence-electron chi connectivity index (χ1n) is 9.57. The molecule has 0 amide bonds. The molecule has 0 fully saturated rings. The van der Waals surface area contributed by atoms with Crippen molar-refractivity contribution in [3.63, 3.8) is 0 Å². The summed E-state index contributed by atoms with van der Waals surface area (Å²) in [5, 5.41) is 0. The van der Waals surface area contributed by atoms with Gasteiger partial charge in [0, 0.05) is 32.6 Å². The van der Waals surface area contributed by atoms with E-state index >= 15 is 0 Å². The summed E-state index contributed by atoms with van der Waals surface area (Å²) in [6.45, 7) is 5.57. The van der Waals surface area contributed by atoms with Crippen LogP contribution in [-0.4, -0.2) is 31.8 Å². The molecule has 3 rings (SSSR count). The van der Waals surface area contributed by atoms with Gasteiger partial charge in [-0.05, 0) is 32.1 Å². The number of carbonyl (C=O) groups excluding carboxylic acids is 1. The smallest absolute Gasteiger partial charge is 0.332 e. The van der Waals surface area contributed by atoms with Crippen LogP contribution in [0.4, 0.5) is 0 Å². The average Bonchev–Trinajstić information content (AvgIpc) is 3.03. The molecule has 0 unspecified atom stereocenters. The highest BCUT2D eigenvalue weighted by atomic mass is 16.6. The molecular weight excluding hydrogens is 388 g/mol. The van der Waals surface area contributed by atoms with Crippen molar-refractivity contribution >= 4 is 29.3 Å². The number of hydrogen-bond acceptors (Lipinski definition) is 6. The molecule has 0 saturated heterocycles. The Bertz CT molecular complexity index is 1260. The van der Waals surface area contributed by atoms with Gasteiger partial charge in [0.15, 0.2) is 22.7 Å². The van der Waals surface area contributed by atoms with Crippen molar-refractivity contribution in [2.45, 2.75) is 33.9 Å². The highest BCUT2D eigenvalue weighted by Crippen LogP contribution is 2.32. The number of methoxy groups -OCH3 is 1. The van der Waals surface area contributed by atoms with E-state index in [0.717, 1.165) is 0 Å². The largest absolute Gasteiger partial charge is 0.493 e. The van der Waals surface area contributed by atoms with Crippen molar-refractivity contribution in [1.82, 2.24) is 18.7 Å². The third kappa shape index (κ3) is 3.54. The average molecular weight is 412 g/mol. The van der Waals surface area contributed by atoms with Crippen LogP contribution < -0.4 is 20.7 Å². The SMILES string of the molecule is CCn1c(=O)c2c(nc(C=Cc3cccc(OC)c3OC(C)=O)n2C)n(CC)c1=O. The number of aryl methyl sites for hydroxylation is 2. The van der Waals surface area contributed by atoms with Crippen LogP contribution in [0.1, 0.15) is 32.2 Å². The summed E-state index contributed by atoms with van der Waals surface area (Å²) in [5.74, 6) is 0.724. The number of benzene rings is 1. The molecule has 0 saturated carbocycles. The maximum atomic E-state index is 12.8. The number of para-hydroxylation sites is 1.